The molecular formula is C23H24Cl2FN5O3. The van der Waals surface area contributed by atoms with Crippen molar-refractivity contribution in [2.45, 2.75) is 38.8 Å². The third kappa shape index (κ3) is 7.51. The summed E-state index contributed by atoms with van der Waals surface area (Å²) in [4.78, 5) is 25.5. The fourth-order valence-corrected chi connectivity index (χ4v) is 3.35. The van der Waals surface area contributed by atoms with E-state index < -0.39 is 23.5 Å². The number of ether oxygens (including phenoxy) is 1. The lowest BCUT2D eigenvalue weighted by molar-refractivity contribution is -0.157. The monoisotopic (exact) mass is 507 g/mol. The van der Waals surface area contributed by atoms with Crippen molar-refractivity contribution in [3.05, 3.63) is 70.2 Å². The summed E-state index contributed by atoms with van der Waals surface area (Å²) in [5.41, 5.74) is 0.891. The zero-order valence-corrected chi connectivity index (χ0v) is 20.3. The van der Waals surface area contributed by atoms with E-state index in [1.807, 2.05) is 0 Å². The fraction of sp³-hybridized carbons (Fsp3) is 0.304. The van der Waals surface area contributed by atoms with Gasteiger partial charge in [-0.05, 0) is 63.1 Å². The van der Waals surface area contributed by atoms with Crippen molar-refractivity contribution < 1.29 is 18.7 Å². The van der Waals surface area contributed by atoms with Gasteiger partial charge in [0, 0.05) is 5.02 Å². The molecule has 2 aromatic carbocycles. The number of nitrogens with zero attached hydrogens (tertiary/aromatic N) is 3. The Morgan fingerprint density at radius 3 is 2.47 bits per heavy atom. The molecule has 1 aromatic heterocycles. The summed E-state index contributed by atoms with van der Waals surface area (Å²) in [6.45, 7) is 5.06. The Balaban J connectivity index is 1.72. The van der Waals surface area contributed by atoms with Crippen LogP contribution in [0.3, 0.4) is 0 Å². The number of benzene rings is 2. The molecule has 1 atom stereocenters. The first-order valence-electron chi connectivity index (χ1n) is 10.4. The highest BCUT2D eigenvalue weighted by molar-refractivity contribution is 6.31. The summed E-state index contributed by atoms with van der Waals surface area (Å²) in [7, 11) is 0. The van der Waals surface area contributed by atoms with E-state index in [1.54, 1.807) is 51.1 Å². The topological polar surface area (TPSA) is 98.1 Å². The fourth-order valence-electron chi connectivity index (χ4n) is 3.05. The van der Waals surface area contributed by atoms with Crippen molar-refractivity contribution >= 4 is 40.8 Å². The number of hydrogen-bond donors (Lipinski definition) is 2. The van der Waals surface area contributed by atoms with Crippen molar-refractivity contribution in [1.29, 1.82) is 0 Å². The van der Waals surface area contributed by atoms with Gasteiger partial charge in [-0.1, -0.05) is 40.5 Å². The third-order valence-corrected chi connectivity index (χ3v) is 4.91. The molecule has 0 bridgehead atoms. The zero-order chi connectivity index (χ0) is 24.9. The molecule has 0 fully saturated rings. The molecule has 0 saturated carbocycles. The van der Waals surface area contributed by atoms with Crippen LogP contribution in [0.1, 0.15) is 26.3 Å². The van der Waals surface area contributed by atoms with Gasteiger partial charge in [-0.3, -0.25) is 14.9 Å². The van der Waals surface area contributed by atoms with E-state index in [9.17, 15) is 14.0 Å². The maximum absolute atomic E-state index is 13.3. The molecule has 3 aromatic rings. The van der Waals surface area contributed by atoms with E-state index in [2.05, 4.69) is 20.9 Å². The Hall–Kier alpha value is -3.01. The van der Waals surface area contributed by atoms with E-state index in [1.165, 1.54) is 23.0 Å². The number of nitrogens with one attached hydrogen (secondary N) is 2. The van der Waals surface area contributed by atoms with Crippen LogP contribution >= 0.6 is 23.2 Å². The third-order valence-electron chi connectivity index (χ3n) is 4.50. The molecule has 0 spiro atoms. The quantitative estimate of drug-likeness (QED) is 0.443. The van der Waals surface area contributed by atoms with Gasteiger partial charge in [0.05, 0.1) is 24.1 Å². The second-order valence-corrected chi connectivity index (χ2v) is 9.32. The Kier molecular flexibility index (Phi) is 8.24. The van der Waals surface area contributed by atoms with Gasteiger partial charge in [-0.15, -0.1) is 5.10 Å². The lowest BCUT2D eigenvalue weighted by Gasteiger charge is -2.24. The van der Waals surface area contributed by atoms with E-state index in [4.69, 9.17) is 27.9 Å². The summed E-state index contributed by atoms with van der Waals surface area (Å²) in [6.07, 6.45) is 1.70. The molecule has 180 valence electrons. The van der Waals surface area contributed by atoms with Gasteiger partial charge in [0.25, 0.3) is 0 Å². The maximum Gasteiger partial charge on any atom is 0.324 e. The first kappa shape index (κ1) is 25.6. The number of esters is 1. The number of halogens is 3. The van der Waals surface area contributed by atoms with Gasteiger partial charge in [0.1, 0.15) is 17.5 Å². The van der Waals surface area contributed by atoms with Crippen molar-refractivity contribution in [2.75, 3.05) is 11.9 Å². The minimum Gasteiger partial charge on any atom is -0.459 e. The van der Waals surface area contributed by atoms with Crippen LogP contribution in [0, 0.1) is 5.82 Å². The van der Waals surface area contributed by atoms with Crippen LogP contribution in [0.2, 0.25) is 10.2 Å². The predicted molar refractivity (Wildman–Crippen MR) is 128 cm³/mol. The van der Waals surface area contributed by atoms with Gasteiger partial charge in [0.2, 0.25) is 5.91 Å². The number of aromatic nitrogens is 3. The van der Waals surface area contributed by atoms with Crippen LogP contribution in [0.5, 0.6) is 0 Å². The van der Waals surface area contributed by atoms with Crippen LogP contribution in [-0.2, 0) is 20.7 Å². The Morgan fingerprint density at radius 1 is 1.15 bits per heavy atom. The molecule has 11 heteroatoms. The lowest BCUT2D eigenvalue weighted by Crippen LogP contribution is -2.45. The highest BCUT2D eigenvalue weighted by atomic mass is 35.5. The Bertz CT molecular complexity index is 1160. The molecule has 2 N–H and O–H groups in total. The molecular weight excluding hydrogens is 484 g/mol. The number of rotatable bonds is 8. The zero-order valence-electron chi connectivity index (χ0n) is 18.8. The number of anilines is 1. The van der Waals surface area contributed by atoms with E-state index >= 15 is 0 Å². The number of amides is 1. The average Bonchev–Trinajstić information content (AvgIpc) is 3.17. The minimum absolute atomic E-state index is 0.190. The van der Waals surface area contributed by atoms with E-state index in [0.717, 1.165) is 0 Å². The van der Waals surface area contributed by atoms with Crippen LogP contribution in [0.25, 0.3) is 5.69 Å². The van der Waals surface area contributed by atoms with Gasteiger partial charge in [-0.25, -0.2) is 9.07 Å². The van der Waals surface area contributed by atoms with Gasteiger partial charge < -0.3 is 10.1 Å². The smallest absolute Gasteiger partial charge is 0.324 e. The predicted octanol–water partition coefficient (Wildman–Crippen LogP) is 4.19. The highest BCUT2D eigenvalue weighted by Gasteiger charge is 2.26. The maximum atomic E-state index is 13.3. The Morgan fingerprint density at radius 2 is 1.85 bits per heavy atom. The van der Waals surface area contributed by atoms with Crippen molar-refractivity contribution in [2.24, 2.45) is 0 Å². The van der Waals surface area contributed by atoms with Crippen molar-refractivity contribution in [1.82, 2.24) is 20.3 Å². The average molecular weight is 508 g/mol. The molecule has 1 amide bonds. The van der Waals surface area contributed by atoms with E-state index in [-0.39, 0.29) is 23.9 Å². The van der Waals surface area contributed by atoms with Gasteiger partial charge >= 0.3 is 5.97 Å². The lowest BCUT2D eigenvalue weighted by atomic mass is 10.1. The molecule has 0 aliphatic heterocycles. The molecule has 0 aliphatic rings. The van der Waals surface area contributed by atoms with Crippen molar-refractivity contribution in [3.8, 4) is 5.69 Å². The summed E-state index contributed by atoms with van der Waals surface area (Å²) in [6, 6.07) is 9.82. The SMILES string of the molecule is CC(C)(C)OC(=O)C(Cc1ccc(F)cc1)NCC(=O)Nc1cc(Cl)ccc1-n1cc(Cl)nn1. The second kappa shape index (κ2) is 10.9. The highest BCUT2D eigenvalue weighted by Crippen LogP contribution is 2.24. The van der Waals surface area contributed by atoms with E-state index in [0.29, 0.717) is 22.0 Å². The molecule has 0 radical (unpaired) electrons. The molecule has 8 nitrogen and oxygen atoms in total. The standard InChI is InChI=1S/C23H24Cl2FN5O3/c1-23(2,3)34-22(33)18(10-14-4-7-16(26)8-5-14)27-12-21(32)28-17-11-15(24)6-9-19(17)31-13-20(25)29-30-31/h4-9,11,13,18,27H,10,12H2,1-3H3,(H,28,32). The van der Waals surface area contributed by atoms with Gasteiger partial charge in [-0.2, -0.15) is 0 Å². The summed E-state index contributed by atoms with van der Waals surface area (Å²) >= 11 is 12.0. The molecule has 3 rings (SSSR count). The molecule has 1 heterocycles. The molecule has 0 aliphatic carbocycles. The van der Waals surface area contributed by atoms with Crippen LogP contribution in [-0.4, -0.2) is 45.1 Å². The van der Waals surface area contributed by atoms with Gasteiger partial charge in [0.15, 0.2) is 5.15 Å². The largest absolute Gasteiger partial charge is 0.459 e. The Labute approximate surface area is 206 Å². The summed E-state index contributed by atoms with van der Waals surface area (Å²) in [5.74, 6) is -1.33. The molecule has 34 heavy (non-hydrogen) atoms. The second-order valence-electron chi connectivity index (χ2n) is 8.49. The molecule has 1 unspecified atom stereocenters. The summed E-state index contributed by atoms with van der Waals surface area (Å²) < 4.78 is 20.2. The first-order valence-corrected chi connectivity index (χ1v) is 11.1. The molecule has 0 saturated heterocycles. The van der Waals surface area contributed by atoms with Crippen LogP contribution in [0.4, 0.5) is 10.1 Å². The minimum atomic E-state index is -0.830. The normalized spacial score (nSPS) is 12.3. The first-order chi connectivity index (χ1) is 16.0. The van der Waals surface area contributed by atoms with Crippen molar-refractivity contribution in [3.63, 3.8) is 0 Å². The summed E-state index contributed by atoms with van der Waals surface area (Å²) in [5, 5.41) is 13.9. The number of carbonyl (C=O) groups is 2. The van der Waals surface area contributed by atoms with Crippen LogP contribution in [0.15, 0.2) is 48.7 Å². The van der Waals surface area contributed by atoms with Crippen LogP contribution < -0.4 is 10.6 Å². The number of carbonyl (C=O) groups excluding carboxylic acids is 2. The number of hydrogen-bond acceptors (Lipinski definition) is 6.